The number of nitrogens with one attached hydrogen (secondary N) is 1. The molecule has 0 unspecified atom stereocenters. The molecular weight excluding hydrogens is 346 g/mol. The number of ether oxygens (including phenoxy) is 1. The zero-order valence-corrected chi connectivity index (χ0v) is 15.8. The first kappa shape index (κ1) is 18.4. The summed E-state index contributed by atoms with van der Waals surface area (Å²) < 4.78 is 7.23. The van der Waals surface area contributed by atoms with Crippen molar-refractivity contribution < 1.29 is 14.3 Å². The Morgan fingerprint density at radius 1 is 1.22 bits per heavy atom. The second kappa shape index (κ2) is 8.39. The summed E-state index contributed by atoms with van der Waals surface area (Å²) >= 11 is 0. The lowest BCUT2D eigenvalue weighted by molar-refractivity contribution is -0.153. The molecule has 1 aromatic heterocycles. The van der Waals surface area contributed by atoms with Crippen LogP contribution in [-0.4, -0.2) is 82.4 Å². The molecule has 0 spiro atoms. The zero-order chi connectivity index (χ0) is 18.6. The molecule has 3 fully saturated rings. The Balaban J connectivity index is 1.23. The molecule has 1 aromatic rings. The Kier molecular flexibility index (Phi) is 5.73. The number of rotatable bonds is 6. The number of morpholine rings is 1. The summed E-state index contributed by atoms with van der Waals surface area (Å²) in [6, 6.07) is 2.88. The van der Waals surface area contributed by atoms with E-state index in [-0.39, 0.29) is 31.1 Å². The van der Waals surface area contributed by atoms with E-state index in [4.69, 9.17) is 4.74 Å². The Bertz CT molecular complexity index is 638. The highest BCUT2D eigenvalue weighted by Crippen LogP contribution is 2.29. The van der Waals surface area contributed by atoms with Gasteiger partial charge in [0.25, 0.3) is 0 Å². The second-order valence-electron chi connectivity index (χ2n) is 7.84. The van der Waals surface area contributed by atoms with E-state index in [0.717, 1.165) is 32.0 Å². The second-order valence-corrected chi connectivity index (χ2v) is 7.84. The number of nitrogens with zero attached hydrogens (tertiary/aromatic N) is 4. The van der Waals surface area contributed by atoms with Crippen molar-refractivity contribution in [1.82, 2.24) is 24.9 Å². The van der Waals surface area contributed by atoms with Crippen LogP contribution in [0.2, 0.25) is 0 Å². The van der Waals surface area contributed by atoms with Gasteiger partial charge in [-0.3, -0.25) is 14.3 Å². The molecule has 8 nitrogen and oxygen atoms in total. The molecule has 8 heteroatoms. The fourth-order valence-electron chi connectivity index (χ4n) is 4.26. The molecule has 1 N–H and O–H groups in total. The summed E-state index contributed by atoms with van der Waals surface area (Å²) in [6.07, 6.45) is 9.38. The summed E-state index contributed by atoms with van der Waals surface area (Å²) in [5, 5.41) is 6.93. The molecule has 0 bridgehead atoms. The highest BCUT2D eigenvalue weighted by Gasteiger charge is 2.35. The number of likely N-dealkylation sites (tertiary alicyclic amines) is 1. The predicted octanol–water partition coefficient (Wildman–Crippen LogP) is 0.244. The smallest absolute Gasteiger partial charge is 0.248 e. The van der Waals surface area contributed by atoms with E-state index in [1.165, 1.54) is 19.3 Å². The molecule has 2 saturated heterocycles. The summed E-state index contributed by atoms with van der Waals surface area (Å²) in [7, 11) is 0. The average Bonchev–Trinajstić information content (AvgIpc) is 3.13. The lowest BCUT2D eigenvalue weighted by atomic mass is 9.89. The molecule has 1 saturated carbocycles. The van der Waals surface area contributed by atoms with Gasteiger partial charge in [0, 0.05) is 50.7 Å². The standard InChI is InChI=1S/C19H29N5O3/c25-18(13-23-8-2-7-21-23)20-11-17-12-24(19(26)14-27-17)16-5-9-22(10-6-16)15-3-1-4-15/h2,7-8,15-17H,1,3-6,9-14H2,(H,20,25)/t17-/m1/s1. The number of hydrogen-bond acceptors (Lipinski definition) is 5. The molecule has 3 heterocycles. The average molecular weight is 375 g/mol. The number of hydrogen-bond donors (Lipinski definition) is 1. The number of carbonyl (C=O) groups excluding carboxylic acids is 2. The van der Waals surface area contributed by atoms with Crippen LogP contribution < -0.4 is 5.32 Å². The molecule has 27 heavy (non-hydrogen) atoms. The van der Waals surface area contributed by atoms with Crippen LogP contribution in [0.4, 0.5) is 0 Å². The van der Waals surface area contributed by atoms with E-state index in [1.54, 1.807) is 23.1 Å². The lowest BCUT2D eigenvalue weighted by Gasteiger charge is -2.45. The fourth-order valence-corrected chi connectivity index (χ4v) is 4.26. The number of carbonyl (C=O) groups is 2. The minimum atomic E-state index is -0.145. The van der Waals surface area contributed by atoms with Gasteiger partial charge < -0.3 is 19.9 Å². The van der Waals surface area contributed by atoms with Crippen LogP contribution in [0.25, 0.3) is 0 Å². The fraction of sp³-hybridized carbons (Fsp3) is 0.737. The molecule has 1 aliphatic carbocycles. The largest absolute Gasteiger partial charge is 0.365 e. The van der Waals surface area contributed by atoms with Crippen molar-refractivity contribution in [2.75, 3.05) is 32.8 Å². The van der Waals surface area contributed by atoms with E-state index in [2.05, 4.69) is 15.3 Å². The van der Waals surface area contributed by atoms with Crippen LogP contribution >= 0.6 is 0 Å². The maximum atomic E-state index is 12.4. The van der Waals surface area contributed by atoms with Gasteiger partial charge in [-0.05, 0) is 31.7 Å². The molecular formula is C19H29N5O3. The Morgan fingerprint density at radius 3 is 2.70 bits per heavy atom. The van der Waals surface area contributed by atoms with Gasteiger partial charge in [0.15, 0.2) is 0 Å². The molecule has 0 radical (unpaired) electrons. The first-order valence-corrected chi connectivity index (χ1v) is 10.1. The molecule has 1 atom stereocenters. The summed E-state index contributed by atoms with van der Waals surface area (Å²) in [5.74, 6) is -0.0178. The Morgan fingerprint density at radius 2 is 2.04 bits per heavy atom. The third-order valence-corrected chi connectivity index (χ3v) is 6.09. The summed E-state index contributed by atoms with van der Waals surface area (Å²) in [5.41, 5.74) is 0. The Hall–Kier alpha value is -1.93. The maximum absolute atomic E-state index is 12.4. The third kappa shape index (κ3) is 4.50. The maximum Gasteiger partial charge on any atom is 0.248 e. The number of piperidine rings is 1. The molecule has 0 aromatic carbocycles. The number of amides is 2. The normalized spacial score (nSPS) is 25.4. The van der Waals surface area contributed by atoms with Crippen LogP contribution in [0, 0.1) is 0 Å². The zero-order valence-electron chi connectivity index (χ0n) is 15.8. The van der Waals surface area contributed by atoms with Gasteiger partial charge in [0.2, 0.25) is 11.8 Å². The minimum absolute atomic E-state index is 0.0798. The Labute approximate surface area is 159 Å². The van der Waals surface area contributed by atoms with Gasteiger partial charge in [-0.15, -0.1) is 0 Å². The summed E-state index contributed by atoms with van der Waals surface area (Å²) in [4.78, 5) is 29.0. The van der Waals surface area contributed by atoms with Crippen molar-refractivity contribution in [3.8, 4) is 0 Å². The predicted molar refractivity (Wildman–Crippen MR) is 98.9 cm³/mol. The minimum Gasteiger partial charge on any atom is -0.365 e. The van der Waals surface area contributed by atoms with E-state index in [9.17, 15) is 9.59 Å². The molecule has 2 aliphatic heterocycles. The molecule has 4 rings (SSSR count). The van der Waals surface area contributed by atoms with Gasteiger partial charge >= 0.3 is 0 Å². The summed E-state index contributed by atoms with van der Waals surface area (Å²) in [6.45, 7) is 3.47. The van der Waals surface area contributed by atoms with Crippen molar-refractivity contribution in [2.24, 2.45) is 0 Å². The van der Waals surface area contributed by atoms with Crippen molar-refractivity contribution in [3.63, 3.8) is 0 Å². The van der Waals surface area contributed by atoms with Crippen molar-refractivity contribution in [1.29, 1.82) is 0 Å². The van der Waals surface area contributed by atoms with Gasteiger partial charge in [0.1, 0.15) is 13.2 Å². The lowest BCUT2D eigenvalue weighted by Crippen LogP contribution is -2.57. The topological polar surface area (TPSA) is 79.7 Å². The molecule has 2 amide bonds. The van der Waals surface area contributed by atoms with E-state index >= 15 is 0 Å². The van der Waals surface area contributed by atoms with Crippen LogP contribution in [0.1, 0.15) is 32.1 Å². The van der Waals surface area contributed by atoms with E-state index in [0.29, 0.717) is 19.1 Å². The van der Waals surface area contributed by atoms with Gasteiger partial charge in [0.05, 0.1) is 6.10 Å². The van der Waals surface area contributed by atoms with Crippen molar-refractivity contribution >= 4 is 11.8 Å². The monoisotopic (exact) mass is 375 g/mol. The van der Waals surface area contributed by atoms with E-state index in [1.807, 2.05) is 4.90 Å². The quantitative estimate of drug-likeness (QED) is 0.771. The van der Waals surface area contributed by atoms with E-state index < -0.39 is 0 Å². The van der Waals surface area contributed by atoms with Gasteiger partial charge in [-0.2, -0.15) is 5.10 Å². The van der Waals surface area contributed by atoms with Crippen LogP contribution in [0.15, 0.2) is 18.5 Å². The molecule has 148 valence electrons. The van der Waals surface area contributed by atoms with Crippen molar-refractivity contribution in [3.05, 3.63) is 18.5 Å². The number of aromatic nitrogens is 2. The van der Waals surface area contributed by atoms with Crippen molar-refractivity contribution in [2.45, 2.75) is 56.8 Å². The highest BCUT2D eigenvalue weighted by molar-refractivity contribution is 5.78. The van der Waals surface area contributed by atoms with Crippen LogP contribution in [0.5, 0.6) is 0 Å². The SMILES string of the molecule is O=C(Cn1cccn1)NC[C@@H]1CN(C2CCN(C3CCC3)CC2)C(=O)CO1. The van der Waals surface area contributed by atoms with Gasteiger partial charge in [-0.25, -0.2) is 0 Å². The highest BCUT2D eigenvalue weighted by atomic mass is 16.5. The molecule has 3 aliphatic rings. The van der Waals surface area contributed by atoms with Gasteiger partial charge in [-0.1, -0.05) is 6.42 Å². The first-order valence-electron chi connectivity index (χ1n) is 10.1. The van der Waals surface area contributed by atoms with Crippen LogP contribution in [-0.2, 0) is 20.9 Å². The third-order valence-electron chi connectivity index (χ3n) is 6.09. The first-order chi connectivity index (χ1) is 13.2. The van der Waals surface area contributed by atoms with Crippen LogP contribution in [0.3, 0.4) is 0 Å².